The first-order chi connectivity index (χ1) is 10.2. The van der Waals surface area contributed by atoms with Crippen LogP contribution in [-0.2, 0) is 6.42 Å². The zero-order valence-corrected chi connectivity index (χ0v) is 12.5. The van der Waals surface area contributed by atoms with Gasteiger partial charge in [-0.3, -0.25) is 0 Å². The molecule has 2 rings (SSSR count). The fourth-order valence-electron chi connectivity index (χ4n) is 2.81. The van der Waals surface area contributed by atoms with E-state index in [1.54, 1.807) is 7.11 Å². The van der Waals surface area contributed by atoms with Gasteiger partial charge in [-0.25, -0.2) is 4.79 Å². The highest BCUT2D eigenvalue weighted by atomic mass is 16.5. The summed E-state index contributed by atoms with van der Waals surface area (Å²) in [5.41, 5.74) is 0.701. The summed E-state index contributed by atoms with van der Waals surface area (Å²) in [6.45, 7) is 0.566. The average molecular weight is 292 g/mol. The molecule has 5 heteroatoms. The highest BCUT2D eigenvalue weighted by molar-refractivity contribution is 5.74. The molecule has 21 heavy (non-hydrogen) atoms. The molecule has 0 aromatic heterocycles. The molecule has 0 heterocycles. The maximum absolute atomic E-state index is 11.9. The number of methoxy groups -OCH3 is 1. The first kappa shape index (κ1) is 15.6. The van der Waals surface area contributed by atoms with Crippen molar-refractivity contribution in [2.45, 2.75) is 37.6 Å². The molecular formula is C16H24N2O3. The Morgan fingerprint density at radius 3 is 2.81 bits per heavy atom. The lowest BCUT2D eigenvalue weighted by Crippen LogP contribution is -2.53. The Kier molecular flexibility index (Phi) is 5.44. The average Bonchev–Trinajstić information content (AvgIpc) is 2.96. The molecular weight excluding hydrogens is 268 g/mol. The minimum Gasteiger partial charge on any atom is -0.497 e. The van der Waals surface area contributed by atoms with Crippen molar-refractivity contribution in [3.05, 3.63) is 29.8 Å². The highest BCUT2D eigenvalue weighted by Gasteiger charge is 2.34. The zero-order valence-electron chi connectivity index (χ0n) is 12.5. The third kappa shape index (κ3) is 4.36. The molecule has 1 fully saturated rings. The van der Waals surface area contributed by atoms with Crippen molar-refractivity contribution in [2.24, 2.45) is 0 Å². The van der Waals surface area contributed by atoms with Gasteiger partial charge in [-0.05, 0) is 37.0 Å². The van der Waals surface area contributed by atoms with Crippen molar-refractivity contribution in [2.75, 3.05) is 20.3 Å². The molecule has 0 spiro atoms. The Morgan fingerprint density at radius 2 is 2.14 bits per heavy atom. The van der Waals surface area contributed by atoms with Crippen LogP contribution in [0.25, 0.3) is 0 Å². The second-order valence-corrected chi connectivity index (χ2v) is 5.63. The van der Waals surface area contributed by atoms with Gasteiger partial charge >= 0.3 is 6.03 Å². The topological polar surface area (TPSA) is 70.6 Å². The number of aliphatic hydroxyl groups excluding tert-OH is 1. The first-order valence-corrected chi connectivity index (χ1v) is 7.47. The Bertz CT molecular complexity index is 470. The maximum Gasteiger partial charge on any atom is 0.315 e. The third-order valence-corrected chi connectivity index (χ3v) is 4.08. The van der Waals surface area contributed by atoms with Gasteiger partial charge in [0.1, 0.15) is 5.75 Å². The molecule has 0 atom stereocenters. The summed E-state index contributed by atoms with van der Waals surface area (Å²) in [4.78, 5) is 11.9. The van der Waals surface area contributed by atoms with Gasteiger partial charge in [0.05, 0.1) is 19.3 Å². The molecule has 1 saturated carbocycles. The van der Waals surface area contributed by atoms with Crippen LogP contribution in [0.4, 0.5) is 4.79 Å². The number of hydrogen-bond acceptors (Lipinski definition) is 3. The summed E-state index contributed by atoms with van der Waals surface area (Å²) in [7, 11) is 1.64. The summed E-state index contributed by atoms with van der Waals surface area (Å²) >= 11 is 0. The Morgan fingerprint density at radius 1 is 1.38 bits per heavy atom. The summed E-state index contributed by atoms with van der Waals surface area (Å²) in [5.74, 6) is 0.821. The quantitative estimate of drug-likeness (QED) is 0.749. The van der Waals surface area contributed by atoms with Gasteiger partial charge < -0.3 is 20.5 Å². The number of nitrogens with one attached hydrogen (secondary N) is 2. The van der Waals surface area contributed by atoms with E-state index in [-0.39, 0.29) is 12.6 Å². The van der Waals surface area contributed by atoms with E-state index in [9.17, 15) is 9.90 Å². The Balaban J connectivity index is 1.76. The van der Waals surface area contributed by atoms with Crippen LogP contribution in [0, 0.1) is 0 Å². The van der Waals surface area contributed by atoms with E-state index in [0.717, 1.165) is 43.4 Å². The maximum atomic E-state index is 11.9. The minimum atomic E-state index is -0.417. The van der Waals surface area contributed by atoms with Crippen LogP contribution in [-0.4, -0.2) is 36.9 Å². The normalized spacial score (nSPS) is 16.5. The molecule has 1 aliphatic carbocycles. The van der Waals surface area contributed by atoms with Gasteiger partial charge in [0.2, 0.25) is 0 Å². The van der Waals surface area contributed by atoms with Crippen LogP contribution in [0.5, 0.6) is 5.75 Å². The van der Waals surface area contributed by atoms with Gasteiger partial charge in [-0.1, -0.05) is 25.0 Å². The van der Waals surface area contributed by atoms with E-state index in [1.165, 1.54) is 0 Å². The van der Waals surface area contributed by atoms with Crippen LogP contribution in [0.1, 0.15) is 31.2 Å². The van der Waals surface area contributed by atoms with Crippen molar-refractivity contribution < 1.29 is 14.6 Å². The molecule has 1 aromatic carbocycles. The number of urea groups is 1. The number of carbonyl (C=O) groups excluding carboxylic acids is 1. The smallest absolute Gasteiger partial charge is 0.315 e. The number of amides is 2. The molecule has 5 nitrogen and oxygen atoms in total. The lowest BCUT2D eigenvalue weighted by molar-refractivity contribution is 0.163. The van der Waals surface area contributed by atoms with Crippen molar-refractivity contribution in [1.82, 2.24) is 10.6 Å². The van der Waals surface area contributed by atoms with E-state index in [1.807, 2.05) is 24.3 Å². The summed E-state index contributed by atoms with van der Waals surface area (Å²) in [5, 5.41) is 15.2. The third-order valence-electron chi connectivity index (χ3n) is 4.08. The molecule has 0 unspecified atom stereocenters. The van der Waals surface area contributed by atoms with Crippen molar-refractivity contribution in [3.63, 3.8) is 0 Å². The van der Waals surface area contributed by atoms with E-state index in [0.29, 0.717) is 6.54 Å². The summed E-state index contributed by atoms with van der Waals surface area (Å²) in [6, 6.07) is 7.61. The number of benzene rings is 1. The summed E-state index contributed by atoms with van der Waals surface area (Å²) < 4.78 is 5.17. The second kappa shape index (κ2) is 7.31. The number of carbonyl (C=O) groups is 1. The minimum absolute atomic E-state index is 0.0102. The van der Waals surface area contributed by atoms with Crippen LogP contribution in [0.3, 0.4) is 0 Å². The van der Waals surface area contributed by atoms with E-state index in [4.69, 9.17) is 4.74 Å². The number of aliphatic hydroxyl groups is 1. The molecule has 2 amide bonds. The predicted octanol–water partition coefficient (Wildman–Crippen LogP) is 1.84. The van der Waals surface area contributed by atoms with Gasteiger partial charge in [0.15, 0.2) is 0 Å². The number of ether oxygens (including phenoxy) is 1. The van der Waals surface area contributed by atoms with E-state index < -0.39 is 5.54 Å². The standard InChI is InChI=1S/C16H24N2O3/c1-21-14-6-4-5-13(11-14)7-10-17-15(20)18-16(12-19)8-2-3-9-16/h4-6,11,19H,2-3,7-10,12H2,1H3,(H2,17,18,20). The van der Waals surface area contributed by atoms with Gasteiger partial charge in [0, 0.05) is 6.54 Å². The lowest BCUT2D eigenvalue weighted by Gasteiger charge is -2.27. The second-order valence-electron chi connectivity index (χ2n) is 5.63. The lowest BCUT2D eigenvalue weighted by atomic mass is 9.99. The predicted molar refractivity (Wildman–Crippen MR) is 81.5 cm³/mol. The fourth-order valence-corrected chi connectivity index (χ4v) is 2.81. The van der Waals surface area contributed by atoms with E-state index >= 15 is 0 Å². The molecule has 0 aliphatic heterocycles. The Hall–Kier alpha value is -1.75. The molecule has 0 saturated heterocycles. The zero-order chi connectivity index (χ0) is 15.1. The van der Waals surface area contributed by atoms with Crippen molar-refractivity contribution >= 4 is 6.03 Å². The summed E-state index contributed by atoms with van der Waals surface area (Å²) in [6.07, 6.45) is 4.58. The molecule has 3 N–H and O–H groups in total. The largest absolute Gasteiger partial charge is 0.497 e. The molecule has 1 aliphatic rings. The first-order valence-electron chi connectivity index (χ1n) is 7.47. The molecule has 0 bridgehead atoms. The van der Waals surface area contributed by atoms with Crippen molar-refractivity contribution in [3.8, 4) is 5.75 Å². The number of hydrogen-bond donors (Lipinski definition) is 3. The van der Waals surface area contributed by atoms with Crippen LogP contribution < -0.4 is 15.4 Å². The van der Waals surface area contributed by atoms with E-state index in [2.05, 4.69) is 10.6 Å². The SMILES string of the molecule is COc1cccc(CCNC(=O)NC2(CO)CCCC2)c1. The molecule has 1 aromatic rings. The van der Waals surface area contributed by atoms with Gasteiger partial charge in [0.25, 0.3) is 0 Å². The number of rotatable bonds is 6. The van der Waals surface area contributed by atoms with Gasteiger partial charge in [-0.15, -0.1) is 0 Å². The van der Waals surface area contributed by atoms with Crippen LogP contribution in [0.2, 0.25) is 0 Å². The fraction of sp³-hybridized carbons (Fsp3) is 0.562. The molecule has 116 valence electrons. The van der Waals surface area contributed by atoms with Crippen molar-refractivity contribution in [1.29, 1.82) is 0 Å². The Labute approximate surface area is 125 Å². The highest BCUT2D eigenvalue weighted by Crippen LogP contribution is 2.28. The van der Waals surface area contributed by atoms with Crippen LogP contribution in [0.15, 0.2) is 24.3 Å². The molecule has 0 radical (unpaired) electrons. The monoisotopic (exact) mass is 292 g/mol. The van der Waals surface area contributed by atoms with Crippen LogP contribution >= 0.6 is 0 Å². The van der Waals surface area contributed by atoms with Gasteiger partial charge in [-0.2, -0.15) is 0 Å².